The molecule has 1 aliphatic rings. The largest absolute Gasteiger partial charge is 0.305 e. The summed E-state index contributed by atoms with van der Waals surface area (Å²) < 4.78 is 0. The van der Waals surface area contributed by atoms with Crippen molar-refractivity contribution in [3.63, 3.8) is 0 Å². The van der Waals surface area contributed by atoms with E-state index in [0.717, 1.165) is 19.6 Å². The van der Waals surface area contributed by atoms with E-state index in [0.29, 0.717) is 6.54 Å². The standard InChI is InChI=1S/C13H17N3/c1-13(12-5-3-2-4-6-12)11-16(9-7-14)10-8-15-13/h2-6,15H,8-11H2,1H3. The minimum absolute atomic E-state index is 0.0314. The predicted octanol–water partition coefficient (Wildman–Crippen LogP) is 1.33. The Balaban J connectivity index is 2.16. The molecular formula is C13H17N3. The van der Waals surface area contributed by atoms with E-state index in [1.54, 1.807) is 0 Å². The molecule has 1 atom stereocenters. The van der Waals surface area contributed by atoms with Crippen LogP contribution in [-0.4, -0.2) is 31.1 Å². The molecule has 1 unspecified atom stereocenters. The smallest absolute Gasteiger partial charge is 0.0867 e. The summed E-state index contributed by atoms with van der Waals surface area (Å²) in [5.74, 6) is 0. The Hall–Kier alpha value is -1.37. The van der Waals surface area contributed by atoms with E-state index in [1.807, 2.05) is 6.07 Å². The number of piperazine rings is 1. The first-order chi connectivity index (χ1) is 7.74. The zero-order chi connectivity index (χ0) is 11.4. The van der Waals surface area contributed by atoms with E-state index in [4.69, 9.17) is 5.26 Å². The molecule has 1 aliphatic heterocycles. The number of nitriles is 1. The Morgan fingerprint density at radius 1 is 1.44 bits per heavy atom. The third-order valence-electron chi connectivity index (χ3n) is 3.19. The van der Waals surface area contributed by atoms with Gasteiger partial charge in [-0.3, -0.25) is 4.90 Å². The zero-order valence-corrected chi connectivity index (χ0v) is 9.61. The Labute approximate surface area is 96.7 Å². The molecule has 1 saturated heterocycles. The summed E-state index contributed by atoms with van der Waals surface area (Å²) >= 11 is 0. The topological polar surface area (TPSA) is 39.1 Å². The van der Waals surface area contributed by atoms with Gasteiger partial charge in [-0.15, -0.1) is 0 Å². The fourth-order valence-electron chi connectivity index (χ4n) is 2.31. The lowest BCUT2D eigenvalue weighted by Gasteiger charge is -2.41. The lowest BCUT2D eigenvalue weighted by Crippen LogP contribution is -2.56. The first kappa shape index (κ1) is 11.1. The predicted molar refractivity (Wildman–Crippen MR) is 63.8 cm³/mol. The van der Waals surface area contributed by atoms with Gasteiger partial charge < -0.3 is 5.32 Å². The van der Waals surface area contributed by atoms with Gasteiger partial charge in [-0.2, -0.15) is 5.26 Å². The Kier molecular flexibility index (Phi) is 3.23. The normalized spacial score (nSPS) is 26.2. The highest BCUT2D eigenvalue weighted by atomic mass is 15.2. The van der Waals surface area contributed by atoms with Crippen molar-refractivity contribution in [1.82, 2.24) is 10.2 Å². The minimum Gasteiger partial charge on any atom is -0.305 e. The monoisotopic (exact) mass is 215 g/mol. The van der Waals surface area contributed by atoms with Gasteiger partial charge in [0.15, 0.2) is 0 Å². The van der Waals surface area contributed by atoms with Crippen molar-refractivity contribution in [2.45, 2.75) is 12.5 Å². The summed E-state index contributed by atoms with van der Waals surface area (Å²) in [5, 5.41) is 12.3. The average Bonchev–Trinajstić information content (AvgIpc) is 2.31. The van der Waals surface area contributed by atoms with Crippen molar-refractivity contribution in [2.75, 3.05) is 26.2 Å². The molecule has 1 aromatic rings. The Morgan fingerprint density at radius 3 is 2.88 bits per heavy atom. The third kappa shape index (κ3) is 2.24. The van der Waals surface area contributed by atoms with Crippen LogP contribution in [0.5, 0.6) is 0 Å². The van der Waals surface area contributed by atoms with Gasteiger partial charge in [0, 0.05) is 19.6 Å². The molecule has 0 aromatic heterocycles. The molecule has 0 bridgehead atoms. The Bertz CT molecular complexity index is 382. The third-order valence-corrected chi connectivity index (χ3v) is 3.19. The summed E-state index contributed by atoms with van der Waals surface area (Å²) in [7, 11) is 0. The summed E-state index contributed by atoms with van der Waals surface area (Å²) in [5.41, 5.74) is 1.26. The van der Waals surface area contributed by atoms with Crippen LogP contribution in [0, 0.1) is 11.3 Å². The van der Waals surface area contributed by atoms with Crippen molar-refractivity contribution >= 4 is 0 Å². The number of hydrogen-bond acceptors (Lipinski definition) is 3. The molecule has 1 fully saturated rings. The molecule has 0 aliphatic carbocycles. The second-order valence-corrected chi connectivity index (χ2v) is 4.49. The molecule has 1 N–H and O–H groups in total. The molecule has 1 heterocycles. The van der Waals surface area contributed by atoms with Crippen LogP contribution >= 0.6 is 0 Å². The van der Waals surface area contributed by atoms with Gasteiger partial charge in [-0.1, -0.05) is 30.3 Å². The fraction of sp³-hybridized carbons (Fsp3) is 0.462. The van der Waals surface area contributed by atoms with E-state index in [1.165, 1.54) is 5.56 Å². The van der Waals surface area contributed by atoms with E-state index in [2.05, 4.69) is 47.5 Å². The maximum atomic E-state index is 8.75. The summed E-state index contributed by atoms with van der Waals surface area (Å²) in [6.45, 7) is 5.50. The molecular weight excluding hydrogens is 198 g/mol. The van der Waals surface area contributed by atoms with E-state index in [9.17, 15) is 0 Å². The van der Waals surface area contributed by atoms with Crippen LogP contribution in [-0.2, 0) is 5.54 Å². The molecule has 3 nitrogen and oxygen atoms in total. The molecule has 0 amide bonds. The van der Waals surface area contributed by atoms with Crippen LogP contribution in [0.25, 0.3) is 0 Å². The maximum absolute atomic E-state index is 8.75. The first-order valence-electron chi connectivity index (χ1n) is 5.64. The summed E-state index contributed by atoms with van der Waals surface area (Å²) in [6, 6.07) is 12.7. The van der Waals surface area contributed by atoms with Gasteiger partial charge in [0.05, 0.1) is 18.2 Å². The van der Waals surface area contributed by atoms with Crippen molar-refractivity contribution in [1.29, 1.82) is 5.26 Å². The molecule has 1 aromatic carbocycles. The molecule has 0 saturated carbocycles. The van der Waals surface area contributed by atoms with E-state index in [-0.39, 0.29) is 5.54 Å². The summed E-state index contributed by atoms with van der Waals surface area (Å²) in [6.07, 6.45) is 0. The number of nitrogens with zero attached hydrogens (tertiary/aromatic N) is 2. The van der Waals surface area contributed by atoms with E-state index < -0.39 is 0 Å². The highest BCUT2D eigenvalue weighted by Gasteiger charge is 2.31. The number of hydrogen-bond donors (Lipinski definition) is 1. The lowest BCUT2D eigenvalue weighted by atomic mass is 9.90. The second kappa shape index (κ2) is 4.65. The van der Waals surface area contributed by atoms with Crippen LogP contribution in [0.1, 0.15) is 12.5 Å². The van der Waals surface area contributed by atoms with Crippen molar-refractivity contribution in [3.8, 4) is 6.07 Å². The van der Waals surface area contributed by atoms with Crippen LogP contribution in [0.4, 0.5) is 0 Å². The number of benzene rings is 1. The van der Waals surface area contributed by atoms with Crippen LogP contribution in [0.3, 0.4) is 0 Å². The maximum Gasteiger partial charge on any atom is 0.0867 e. The Morgan fingerprint density at radius 2 is 2.19 bits per heavy atom. The van der Waals surface area contributed by atoms with Gasteiger partial charge in [-0.25, -0.2) is 0 Å². The van der Waals surface area contributed by atoms with Crippen LogP contribution < -0.4 is 5.32 Å². The molecule has 2 rings (SSSR count). The molecule has 16 heavy (non-hydrogen) atoms. The molecule has 0 spiro atoms. The molecule has 84 valence electrons. The fourth-order valence-corrected chi connectivity index (χ4v) is 2.31. The molecule has 3 heteroatoms. The zero-order valence-electron chi connectivity index (χ0n) is 9.61. The van der Waals surface area contributed by atoms with Crippen LogP contribution in [0.15, 0.2) is 30.3 Å². The quantitative estimate of drug-likeness (QED) is 0.756. The van der Waals surface area contributed by atoms with Crippen LogP contribution in [0.2, 0.25) is 0 Å². The summed E-state index contributed by atoms with van der Waals surface area (Å²) in [4.78, 5) is 2.20. The SMILES string of the molecule is CC1(c2ccccc2)CN(CC#N)CCN1. The lowest BCUT2D eigenvalue weighted by molar-refractivity contribution is 0.157. The number of nitrogens with one attached hydrogen (secondary N) is 1. The van der Waals surface area contributed by atoms with Gasteiger partial charge in [-0.05, 0) is 12.5 Å². The first-order valence-corrected chi connectivity index (χ1v) is 5.64. The van der Waals surface area contributed by atoms with Gasteiger partial charge in [0.1, 0.15) is 0 Å². The minimum atomic E-state index is -0.0314. The van der Waals surface area contributed by atoms with Crippen molar-refractivity contribution in [3.05, 3.63) is 35.9 Å². The highest BCUT2D eigenvalue weighted by Crippen LogP contribution is 2.23. The highest BCUT2D eigenvalue weighted by molar-refractivity contribution is 5.24. The average molecular weight is 215 g/mol. The number of rotatable bonds is 2. The van der Waals surface area contributed by atoms with Crippen molar-refractivity contribution in [2.24, 2.45) is 0 Å². The molecule has 0 radical (unpaired) electrons. The van der Waals surface area contributed by atoms with E-state index >= 15 is 0 Å². The second-order valence-electron chi connectivity index (χ2n) is 4.49. The van der Waals surface area contributed by atoms with Gasteiger partial charge >= 0.3 is 0 Å². The van der Waals surface area contributed by atoms with Gasteiger partial charge in [0.25, 0.3) is 0 Å². The van der Waals surface area contributed by atoms with Crippen molar-refractivity contribution < 1.29 is 0 Å². The van der Waals surface area contributed by atoms with Gasteiger partial charge in [0.2, 0.25) is 0 Å².